The zero-order chi connectivity index (χ0) is 13.5. The lowest BCUT2D eigenvalue weighted by molar-refractivity contribution is 0.0915. The van der Waals surface area contributed by atoms with Crippen LogP contribution < -0.4 is 15.2 Å². The van der Waals surface area contributed by atoms with Crippen molar-refractivity contribution in [3.8, 4) is 11.5 Å². The summed E-state index contributed by atoms with van der Waals surface area (Å²) >= 11 is 0. The van der Waals surface area contributed by atoms with Gasteiger partial charge in [0, 0.05) is 17.1 Å². The van der Waals surface area contributed by atoms with Crippen molar-refractivity contribution in [3.05, 3.63) is 54.3 Å². The number of hydrogen-bond acceptors (Lipinski definition) is 4. The van der Waals surface area contributed by atoms with Gasteiger partial charge in [0.15, 0.2) is 17.6 Å². The van der Waals surface area contributed by atoms with Crippen molar-refractivity contribution < 1.29 is 13.9 Å². The summed E-state index contributed by atoms with van der Waals surface area (Å²) in [6.07, 6.45) is 1.57. The van der Waals surface area contributed by atoms with Crippen LogP contribution in [0.25, 0.3) is 11.0 Å². The quantitative estimate of drug-likeness (QED) is 0.685. The number of fused-ring (bicyclic) bond motifs is 2. The van der Waals surface area contributed by atoms with Crippen molar-refractivity contribution in [2.75, 3.05) is 12.3 Å². The predicted octanol–water partition coefficient (Wildman–Crippen LogP) is 3.53. The molecule has 1 aliphatic rings. The van der Waals surface area contributed by atoms with Gasteiger partial charge in [-0.15, -0.1) is 0 Å². The lowest BCUT2D eigenvalue weighted by Crippen LogP contribution is -2.21. The molecular weight excluding hydrogens is 254 g/mol. The fraction of sp³-hybridized carbons (Fsp3) is 0.125. The highest BCUT2D eigenvalue weighted by molar-refractivity contribution is 5.77. The van der Waals surface area contributed by atoms with E-state index in [1.54, 1.807) is 12.3 Å². The van der Waals surface area contributed by atoms with Gasteiger partial charge in [0.2, 0.25) is 0 Å². The van der Waals surface area contributed by atoms with Gasteiger partial charge in [-0.05, 0) is 35.9 Å². The minimum Gasteiger partial charge on any atom is -0.485 e. The van der Waals surface area contributed by atoms with E-state index in [9.17, 15) is 0 Å². The van der Waals surface area contributed by atoms with Crippen LogP contribution in [0.15, 0.2) is 53.1 Å². The molecule has 2 N–H and O–H groups in total. The maximum Gasteiger partial charge on any atom is 0.163 e. The number of ether oxygens (including phenoxy) is 2. The molecule has 1 aliphatic heterocycles. The van der Waals surface area contributed by atoms with Crippen molar-refractivity contribution in [2.45, 2.75) is 6.10 Å². The second-order valence-corrected chi connectivity index (χ2v) is 4.84. The first kappa shape index (κ1) is 11.2. The van der Waals surface area contributed by atoms with E-state index in [0.29, 0.717) is 18.0 Å². The van der Waals surface area contributed by atoms with Crippen LogP contribution in [0, 0.1) is 0 Å². The zero-order valence-corrected chi connectivity index (χ0v) is 10.7. The lowest BCUT2D eigenvalue weighted by atomic mass is 10.1. The van der Waals surface area contributed by atoms with Gasteiger partial charge in [0.25, 0.3) is 0 Å². The van der Waals surface area contributed by atoms with Gasteiger partial charge in [0.1, 0.15) is 12.2 Å². The van der Waals surface area contributed by atoms with Gasteiger partial charge in [-0.25, -0.2) is 0 Å². The summed E-state index contributed by atoms with van der Waals surface area (Å²) in [4.78, 5) is 0. The lowest BCUT2D eigenvalue weighted by Gasteiger charge is -2.27. The van der Waals surface area contributed by atoms with E-state index < -0.39 is 0 Å². The molecule has 1 aromatic heterocycles. The Balaban J connectivity index is 1.68. The highest BCUT2D eigenvalue weighted by Gasteiger charge is 2.23. The fourth-order valence-electron chi connectivity index (χ4n) is 2.44. The van der Waals surface area contributed by atoms with Gasteiger partial charge in [-0.1, -0.05) is 6.07 Å². The van der Waals surface area contributed by atoms with Gasteiger partial charge < -0.3 is 19.6 Å². The first-order valence-electron chi connectivity index (χ1n) is 6.46. The molecule has 1 unspecified atom stereocenters. The second-order valence-electron chi connectivity index (χ2n) is 4.84. The second kappa shape index (κ2) is 4.20. The molecule has 0 radical (unpaired) electrons. The van der Waals surface area contributed by atoms with E-state index in [2.05, 4.69) is 6.07 Å². The standard InChI is InChI=1S/C16H13NO3/c17-12-2-4-14-15(8-12)19-9-16(20-14)10-1-3-13-11(7-10)5-6-18-13/h1-8,16H,9,17H2. The monoisotopic (exact) mass is 267 g/mol. The fourth-order valence-corrected chi connectivity index (χ4v) is 2.44. The topological polar surface area (TPSA) is 57.6 Å². The third-order valence-electron chi connectivity index (χ3n) is 3.48. The minimum absolute atomic E-state index is 0.120. The van der Waals surface area contributed by atoms with Gasteiger partial charge in [-0.2, -0.15) is 0 Å². The Labute approximate surface area is 115 Å². The van der Waals surface area contributed by atoms with Gasteiger partial charge in [0.05, 0.1) is 6.26 Å². The Morgan fingerprint density at radius 3 is 2.90 bits per heavy atom. The molecule has 0 spiro atoms. The maximum atomic E-state index is 5.99. The number of anilines is 1. The van der Waals surface area contributed by atoms with Crippen molar-refractivity contribution >= 4 is 16.7 Å². The summed E-state index contributed by atoms with van der Waals surface area (Å²) in [5.74, 6) is 1.42. The summed E-state index contributed by atoms with van der Waals surface area (Å²) in [6, 6.07) is 13.4. The van der Waals surface area contributed by atoms with E-state index in [0.717, 1.165) is 22.3 Å². The molecule has 20 heavy (non-hydrogen) atoms. The van der Waals surface area contributed by atoms with Crippen LogP contribution in [0.1, 0.15) is 11.7 Å². The molecule has 1 atom stereocenters. The maximum absolute atomic E-state index is 5.99. The van der Waals surface area contributed by atoms with Crippen LogP contribution in [0.4, 0.5) is 5.69 Å². The Morgan fingerprint density at radius 1 is 1.00 bits per heavy atom. The number of nitrogen functional groups attached to an aromatic ring is 1. The highest BCUT2D eigenvalue weighted by atomic mass is 16.6. The SMILES string of the molecule is Nc1ccc2c(c1)OCC(c1ccc3occc3c1)O2. The highest BCUT2D eigenvalue weighted by Crippen LogP contribution is 2.38. The van der Waals surface area contributed by atoms with Crippen LogP contribution >= 0.6 is 0 Å². The normalized spacial score (nSPS) is 17.3. The molecule has 4 rings (SSSR count). The molecular formula is C16H13NO3. The molecule has 0 saturated carbocycles. The van der Waals surface area contributed by atoms with Gasteiger partial charge in [-0.3, -0.25) is 0 Å². The van der Waals surface area contributed by atoms with E-state index in [4.69, 9.17) is 19.6 Å². The molecule has 0 aliphatic carbocycles. The third kappa shape index (κ3) is 1.77. The van der Waals surface area contributed by atoms with E-state index >= 15 is 0 Å². The zero-order valence-electron chi connectivity index (χ0n) is 10.7. The Morgan fingerprint density at radius 2 is 1.95 bits per heavy atom. The number of benzene rings is 2. The van der Waals surface area contributed by atoms with E-state index in [1.807, 2.05) is 30.3 Å². The van der Waals surface area contributed by atoms with Crippen molar-refractivity contribution in [1.82, 2.24) is 0 Å². The van der Waals surface area contributed by atoms with Crippen LogP contribution in [0.2, 0.25) is 0 Å². The summed E-state index contributed by atoms with van der Waals surface area (Å²) in [7, 11) is 0. The van der Waals surface area contributed by atoms with E-state index in [-0.39, 0.29) is 6.10 Å². The molecule has 2 heterocycles. The third-order valence-corrected chi connectivity index (χ3v) is 3.48. The van der Waals surface area contributed by atoms with Crippen molar-refractivity contribution in [1.29, 1.82) is 0 Å². The van der Waals surface area contributed by atoms with Crippen LogP contribution in [0.3, 0.4) is 0 Å². The van der Waals surface area contributed by atoms with Crippen molar-refractivity contribution in [3.63, 3.8) is 0 Å². The summed E-state index contributed by atoms with van der Waals surface area (Å²) < 4.78 is 17.1. The van der Waals surface area contributed by atoms with Crippen molar-refractivity contribution in [2.24, 2.45) is 0 Å². The Bertz CT molecular complexity index is 778. The first-order chi connectivity index (χ1) is 9.79. The molecule has 4 nitrogen and oxygen atoms in total. The average molecular weight is 267 g/mol. The molecule has 0 saturated heterocycles. The van der Waals surface area contributed by atoms with Crippen LogP contribution in [0.5, 0.6) is 11.5 Å². The molecule has 4 heteroatoms. The summed E-state index contributed by atoms with van der Waals surface area (Å²) in [5, 5.41) is 1.06. The van der Waals surface area contributed by atoms with Crippen LogP contribution in [-0.4, -0.2) is 6.61 Å². The molecule has 0 fully saturated rings. The molecule has 0 amide bonds. The largest absolute Gasteiger partial charge is 0.485 e. The molecule has 2 aromatic carbocycles. The molecule has 0 bridgehead atoms. The molecule has 3 aromatic rings. The minimum atomic E-state index is -0.120. The number of hydrogen-bond donors (Lipinski definition) is 1. The number of furan rings is 1. The number of rotatable bonds is 1. The summed E-state index contributed by atoms with van der Waals surface area (Å²) in [6.45, 7) is 0.472. The van der Waals surface area contributed by atoms with E-state index in [1.165, 1.54) is 0 Å². The predicted molar refractivity (Wildman–Crippen MR) is 75.9 cm³/mol. The smallest absolute Gasteiger partial charge is 0.163 e. The Kier molecular flexibility index (Phi) is 2.36. The Hall–Kier alpha value is -2.62. The number of nitrogens with two attached hydrogens (primary N) is 1. The average Bonchev–Trinajstić information content (AvgIpc) is 2.94. The first-order valence-corrected chi connectivity index (χ1v) is 6.46. The summed E-state index contributed by atoms with van der Waals surface area (Å²) in [5.41, 5.74) is 8.35. The van der Waals surface area contributed by atoms with Gasteiger partial charge >= 0.3 is 0 Å². The molecule has 100 valence electrons. The van der Waals surface area contributed by atoms with Crippen LogP contribution in [-0.2, 0) is 0 Å².